The Morgan fingerprint density at radius 1 is 1.00 bits per heavy atom. The average Bonchev–Trinajstić information content (AvgIpc) is 3.19. The summed E-state index contributed by atoms with van der Waals surface area (Å²) >= 11 is 5.96. The molecule has 8 heteroatoms. The number of sulfonamides is 1. The number of amides is 1. The molecule has 0 atom stereocenters. The van der Waals surface area contributed by atoms with Gasteiger partial charge in [0.05, 0.1) is 22.0 Å². The van der Waals surface area contributed by atoms with Gasteiger partial charge in [-0.3, -0.25) is 9.52 Å². The van der Waals surface area contributed by atoms with Gasteiger partial charge in [0.2, 0.25) is 5.91 Å². The van der Waals surface area contributed by atoms with E-state index in [2.05, 4.69) is 37.6 Å². The second kappa shape index (κ2) is 9.04. The van der Waals surface area contributed by atoms with Crippen LogP contribution in [0, 0.1) is 5.82 Å². The zero-order valence-corrected chi connectivity index (χ0v) is 20.8. The molecule has 1 N–H and O–H groups in total. The van der Waals surface area contributed by atoms with Crippen LogP contribution >= 0.6 is 11.6 Å². The minimum Gasteiger partial charge on any atom is -0.334 e. The molecule has 0 aliphatic carbocycles. The van der Waals surface area contributed by atoms with Crippen molar-refractivity contribution in [2.45, 2.75) is 50.6 Å². The number of anilines is 1. The normalized spacial score (nSPS) is 13.6. The van der Waals surface area contributed by atoms with Gasteiger partial charge < -0.3 is 4.90 Å². The summed E-state index contributed by atoms with van der Waals surface area (Å²) in [6.45, 7) is 7.22. The maximum absolute atomic E-state index is 13.3. The summed E-state index contributed by atoms with van der Waals surface area (Å²) in [7, 11) is -3.93. The summed E-state index contributed by atoms with van der Waals surface area (Å²) in [5.74, 6) is -0.569. The third kappa shape index (κ3) is 5.26. The van der Waals surface area contributed by atoms with Crippen LogP contribution in [0.2, 0.25) is 5.02 Å². The van der Waals surface area contributed by atoms with Gasteiger partial charge in [-0.05, 0) is 58.0 Å². The maximum Gasteiger partial charge on any atom is 0.261 e. The number of nitrogens with zero attached hydrogens (tertiary/aromatic N) is 1. The predicted molar refractivity (Wildman–Crippen MR) is 132 cm³/mol. The number of fused-ring (bicyclic) bond motifs is 1. The van der Waals surface area contributed by atoms with Gasteiger partial charge in [0.15, 0.2) is 0 Å². The maximum atomic E-state index is 13.3. The van der Waals surface area contributed by atoms with Gasteiger partial charge >= 0.3 is 0 Å². The van der Waals surface area contributed by atoms with Crippen LogP contribution in [-0.4, -0.2) is 19.2 Å². The van der Waals surface area contributed by atoms with Gasteiger partial charge in [-0.25, -0.2) is 12.8 Å². The third-order valence-corrected chi connectivity index (χ3v) is 7.59. The number of halogens is 2. The zero-order valence-electron chi connectivity index (χ0n) is 19.2. The Morgan fingerprint density at radius 3 is 2.32 bits per heavy atom. The molecule has 4 rings (SSSR count). The first-order valence-electron chi connectivity index (χ1n) is 10.9. The highest BCUT2D eigenvalue weighted by atomic mass is 35.5. The van der Waals surface area contributed by atoms with Crippen molar-refractivity contribution >= 4 is 33.2 Å². The van der Waals surface area contributed by atoms with Crippen LogP contribution in [-0.2, 0) is 39.7 Å². The Kier molecular flexibility index (Phi) is 6.44. The van der Waals surface area contributed by atoms with E-state index in [0.717, 1.165) is 28.8 Å². The van der Waals surface area contributed by atoms with E-state index in [9.17, 15) is 17.6 Å². The van der Waals surface area contributed by atoms with E-state index in [1.165, 1.54) is 17.7 Å². The molecular weight excluding hydrogens is 475 g/mol. The van der Waals surface area contributed by atoms with E-state index in [-0.39, 0.29) is 33.3 Å². The molecule has 34 heavy (non-hydrogen) atoms. The first-order chi connectivity index (χ1) is 15.9. The highest BCUT2D eigenvalue weighted by molar-refractivity contribution is 7.92. The van der Waals surface area contributed by atoms with E-state index in [4.69, 9.17) is 11.6 Å². The molecule has 0 unspecified atom stereocenters. The lowest BCUT2D eigenvalue weighted by Gasteiger charge is -2.19. The molecule has 3 aromatic carbocycles. The third-order valence-electron chi connectivity index (χ3n) is 5.91. The van der Waals surface area contributed by atoms with E-state index >= 15 is 0 Å². The topological polar surface area (TPSA) is 66.5 Å². The SMILES string of the molecule is CC(C)(C)c1ccc(CC(=O)N2Cc3ccc(S(=O)(=O)Nc4ccc(F)cc4Cl)cc3C2)cc1. The lowest BCUT2D eigenvalue weighted by atomic mass is 9.86. The van der Waals surface area contributed by atoms with Crippen LogP contribution in [0.5, 0.6) is 0 Å². The molecule has 0 fully saturated rings. The molecule has 0 aromatic heterocycles. The van der Waals surface area contributed by atoms with Gasteiger partial charge in [-0.2, -0.15) is 0 Å². The van der Waals surface area contributed by atoms with Crippen LogP contribution < -0.4 is 4.72 Å². The summed E-state index contributed by atoms with van der Waals surface area (Å²) in [6.07, 6.45) is 0.286. The molecule has 1 heterocycles. The summed E-state index contributed by atoms with van der Waals surface area (Å²) in [5, 5.41) is -0.0305. The fourth-order valence-electron chi connectivity index (χ4n) is 3.90. The minimum atomic E-state index is -3.93. The molecule has 0 saturated carbocycles. The lowest BCUT2D eigenvalue weighted by molar-refractivity contribution is -0.131. The van der Waals surface area contributed by atoms with E-state index in [1.54, 1.807) is 17.0 Å². The predicted octanol–water partition coefficient (Wildman–Crippen LogP) is 5.66. The van der Waals surface area contributed by atoms with Crippen molar-refractivity contribution < 1.29 is 17.6 Å². The largest absolute Gasteiger partial charge is 0.334 e. The highest BCUT2D eigenvalue weighted by Crippen LogP contribution is 2.29. The molecule has 0 radical (unpaired) electrons. The summed E-state index contributed by atoms with van der Waals surface area (Å²) in [5.41, 5.74) is 3.99. The van der Waals surface area contributed by atoms with E-state index in [0.29, 0.717) is 13.1 Å². The number of hydrogen-bond donors (Lipinski definition) is 1. The van der Waals surface area contributed by atoms with Crippen LogP contribution in [0.1, 0.15) is 43.0 Å². The van der Waals surface area contributed by atoms with Gasteiger partial charge in [-0.1, -0.05) is 62.7 Å². The highest BCUT2D eigenvalue weighted by Gasteiger charge is 2.26. The summed E-state index contributed by atoms with van der Waals surface area (Å²) in [4.78, 5) is 14.7. The Hall–Kier alpha value is -2.90. The second-order valence-corrected chi connectivity index (χ2v) is 11.6. The number of carbonyl (C=O) groups is 1. The quantitative estimate of drug-likeness (QED) is 0.491. The first-order valence-corrected chi connectivity index (χ1v) is 12.8. The van der Waals surface area contributed by atoms with Crippen molar-refractivity contribution in [3.8, 4) is 0 Å². The minimum absolute atomic E-state index is 0.0136. The molecule has 178 valence electrons. The van der Waals surface area contributed by atoms with Crippen LogP contribution in [0.3, 0.4) is 0 Å². The fourth-order valence-corrected chi connectivity index (χ4v) is 5.30. The zero-order chi connectivity index (χ0) is 24.7. The Labute approximate surface area is 204 Å². The van der Waals surface area contributed by atoms with Crippen molar-refractivity contribution in [1.82, 2.24) is 4.90 Å². The number of rotatable bonds is 5. The number of nitrogens with one attached hydrogen (secondary N) is 1. The van der Waals surface area contributed by atoms with Gasteiger partial charge in [0.1, 0.15) is 5.82 Å². The van der Waals surface area contributed by atoms with Crippen molar-refractivity contribution in [1.29, 1.82) is 0 Å². The number of hydrogen-bond acceptors (Lipinski definition) is 3. The van der Waals surface area contributed by atoms with Crippen LogP contribution in [0.4, 0.5) is 10.1 Å². The lowest BCUT2D eigenvalue weighted by Crippen LogP contribution is -2.26. The van der Waals surface area contributed by atoms with Gasteiger partial charge in [-0.15, -0.1) is 0 Å². The van der Waals surface area contributed by atoms with Gasteiger partial charge in [0, 0.05) is 13.1 Å². The monoisotopic (exact) mass is 500 g/mol. The van der Waals surface area contributed by atoms with Crippen molar-refractivity contribution in [2.75, 3.05) is 4.72 Å². The Morgan fingerprint density at radius 2 is 1.68 bits per heavy atom. The smallest absolute Gasteiger partial charge is 0.261 e. The molecule has 3 aromatic rings. The standard InChI is InChI=1S/C26H26ClFN2O3S/c1-26(2,3)20-7-4-17(5-8-20)12-25(31)30-15-18-6-10-22(13-19(18)16-30)34(32,33)29-24-11-9-21(28)14-23(24)27/h4-11,13-14,29H,12,15-16H2,1-3H3. The van der Waals surface area contributed by atoms with Gasteiger partial charge in [0.25, 0.3) is 10.0 Å². The Balaban J connectivity index is 1.45. The number of benzene rings is 3. The van der Waals surface area contributed by atoms with Crippen molar-refractivity contribution in [2.24, 2.45) is 0 Å². The summed E-state index contributed by atoms with van der Waals surface area (Å²) < 4.78 is 41.4. The van der Waals surface area contributed by atoms with Crippen LogP contribution in [0.25, 0.3) is 0 Å². The molecule has 5 nitrogen and oxygen atoms in total. The molecule has 1 aliphatic rings. The molecule has 0 spiro atoms. The number of carbonyl (C=O) groups excluding carboxylic acids is 1. The van der Waals surface area contributed by atoms with Crippen molar-refractivity contribution in [3.05, 3.63) is 93.8 Å². The first kappa shape index (κ1) is 24.2. The Bertz CT molecular complexity index is 1350. The molecular formula is C26H26ClFN2O3S. The van der Waals surface area contributed by atoms with E-state index in [1.807, 2.05) is 12.1 Å². The van der Waals surface area contributed by atoms with Crippen molar-refractivity contribution in [3.63, 3.8) is 0 Å². The van der Waals surface area contributed by atoms with Crippen LogP contribution in [0.15, 0.2) is 65.6 Å². The summed E-state index contributed by atoms with van der Waals surface area (Å²) in [6, 6.07) is 16.3. The molecule has 1 amide bonds. The molecule has 0 bridgehead atoms. The fraction of sp³-hybridized carbons (Fsp3) is 0.269. The molecule has 0 saturated heterocycles. The van der Waals surface area contributed by atoms with E-state index < -0.39 is 15.8 Å². The second-order valence-electron chi connectivity index (χ2n) is 9.53. The molecule has 1 aliphatic heterocycles. The average molecular weight is 501 g/mol.